The van der Waals surface area contributed by atoms with E-state index in [-0.39, 0.29) is 0 Å². The zero-order valence-electron chi connectivity index (χ0n) is 9.56. The third-order valence-corrected chi connectivity index (χ3v) is 2.64. The Balaban J connectivity index is 3.36. The topological polar surface area (TPSA) is 53.2 Å². The predicted octanol–water partition coefficient (Wildman–Crippen LogP) is 1.96. The summed E-state index contributed by atoms with van der Waals surface area (Å²) in [5.74, 6) is 0. The highest BCUT2D eigenvalue weighted by atomic mass is 16.1. The molecule has 0 heterocycles. The fraction of sp³-hybridized carbons (Fsp3) is 0.364. The zero-order chi connectivity index (χ0) is 11.4. The molecule has 0 saturated carbocycles. The molecule has 0 aliphatic rings. The van der Waals surface area contributed by atoms with Gasteiger partial charge in [0.2, 0.25) is 6.41 Å². The summed E-state index contributed by atoms with van der Waals surface area (Å²) in [6, 6.07) is 1.98. The van der Waals surface area contributed by atoms with Gasteiger partial charge in [-0.3, -0.25) is 4.79 Å². The number of amides is 1. The van der Waals surface area contributed by atoms with Crippen LogP contribution in [0.25, 0.3) is 0 Å². The highest BCUT2D eigenvalue weighted by Crippen LogP contribution is 2.33. The molecule has 0 aromatic heterocycles. The van der Waals surface area contributed by atoms with Gasteiger partial charge < -0.3 is 16.0 Å². The lowest BCUT2D eigenvalue weighted by Crippen LogP contribution is -2.05. The van der Waals surface area contributed by atoms with Crippen molar-refractivity contribution in [1.29, 1.82) is 0 Å². The van der Waals surface area contributed by atoms with E-state index in [0.29, 0.717) is 6.41 Å². The van der Waals surface area contributed by atoms with Crippen molar-refractivity contribution in [2.75, 3.05) is 30.0 Å². The van der Waals surface area contributed by atoms with Crippen LogP contribution >= 0.6 is 0 Å². The molecule has 0 fully saturated rings. The van der Waals surface area contributed by atoms with Gasteiger partial charge in [-0.25, -0.2) is 0 Å². The largest absolute Gasteiger partial charge is 0.388 e. The second-order valence-electron chi connectivity index (χ2n) is 3.36. The number of anilines is 3. The van der Waals surface area contributed by atoms with Crippen LogP contribution in [-0.4, -0.2) is 20.5 Å². The highest BCUT2D eigenvalue weighted by Gasteiger charge is 2.10. The van der Waals surface area contributed by atoms with E-state index >= 15 is 0 Å². The Morgan fingerprint density at radius 1 is 1.07 bits per heavy atom. The van der Waals surface area contributed by atoms with Crippen LogP contribution in [0.15, 0.2) is 6.07 Å². The van der Waals surface area contributed by atoms with Gasteiger partial charge in [0, 0.05) is 19.8 Å². The molecule has 0 aliphatic heterocycles. The molecule has 1 amide bonds. The van der Waals surface area contributed by atoms with E-state index < -0.39 is 0 Å². The molecule has 1 aromatic rings. The first-order valence-electron chi connectivity index (χ1n) is 4.85. The molecule has 15 heavy (non-hydrogen) atoms. The summed E-state index contributed by atoms with van der Waals surface area (Å²) in [5, 5.41) is 8.90. The third kappa shape index (κ3) is 2.03. The fourth-order valence-corrected chi connectivity index (χ4v) is 1.62. The van der Waals surface area contributed by atoms with E-state index in [4.69, 9.17) is 0 Å². The SMILES string of the molecule is CNc1cc(NC)c(NC=O)c(C)c1C. The molecule has 4 nitrogen and oxygen atoms in total. The van der Waals surface area contributed by atoms with Crippen LogP contribution in [0.1, 0.15) is 11.1 Å². The Hall–Kier alpha value is -1.71. The molecule has 0 unspecified atom stereocenters. The van der Waals surface area contributed by atoms with E-state index in [9.17, 15) is 4.79 Å². The number of carbonyl (C=O) groups is 1. The van der Waals surface area contributed by atoms with E-state index in [2.05, 4.69) is 16.0 Å². The lowest BCUT2D eigenvalue weighted by Gasteiger charge is -2.17. The molecule has 1 rings (SSSR count). The van der Waals surface area contributed by atoms with Gasteiger partial charge in [-0.2, -0.15) is 0 Å². The summed E-state index contributed by atoms with van der Waals surface area (Å²) >= 11 is 0. The lowest BCUT2D eigenvalue weighted by molar-refractivity contribution is -0.105. The quantitative estimate of drug-likeness (QED) is 0.661. The molecule has 0 atom stereocenters. The van der Waals surface area contributed by atoms with E-state index in [1.54, 1.807) is 0 Å². The van der Waals surface area contributed by atoms with Crippen molar-refractivity contribution in [3.63, 3.8) is 0 Å². The van der Waals surface area contributed by atoms with Gasteiger partial charge in [0.25, 0.3) is 0 Å². The molecule has 0 radical (unpaired) electrons. The Kier molecular flexibility index (Phi) is 3.55. The Morgan fingerprint density at radius 3 is 2.13 bits per heavy atom. The van der Waals surface area contributed by atoms with Gasteiger partial charge in [0.05, 0.1) is 11.4 Å². The summed E-state index contributed by atoms with van der Waals surface area (Å²) in [4.78, 5) is 10.5. The molecular weight excluding hydrogens is 190 g/mol. The summed E-state index contributed by atoms with van der Waals surface area (Å²) in [6.45, 7) is 4.01. The molecule has 3 N–H and O–H groups in total. The number of benzene rings is 1. The predicted molar refractivity (Wildman–Crippen MR) is 64.7 cm³/mol. The van der Waals surface area contributed by atoms with Gasteiger partial charge in [-0.1, -0.05) is 0 Å². The number of hydrogen-bond donors (Lipinski definition) is 3. The van der Waals surface area contributed by atoms with E-state index in [1.165, 1.54) is 0 Å². The highest BCUT2D eigenvalue weighted by molar-refractivity contribution is 5.87. The summed E-state index contributed by atoms with van der Waals surface area (Å²) in [7, 11) is 3.72. The molecule has 0 bridgehead atoms. The minimum absolute atomic E-state index is 0.696. The van der Waals surface area contributed by atoms with Gasteiger partial charge >= 0.3 is 0 Å². The van der Waals surface area contributed by atoms with Crippen molar-refractivity contribution in [2.24, 2.45) is 0 Å². The first kappa shape index (κ1) is 11.4. The average molecular weight is 207 g/mol. The standard InChI is InChI=1S/C11H17N3O/c1-7-8(2)11(14-6-15)10(13-4)5-9(7)12-3/h5-6,12-13H,1-4H3,(H,14,15). The first-order valence-corrected chi connectivity index (χ1v) is 4.85. The third-order valence-electron chi connectivity index (χ3n) is 2.64. The second kappa shape index (κ2) is 4.68. The van der Waals surface area contributed by atoms with Gasteiger partial charge in [0.15, 0.2) is 0 Å². The van der Waals surface area contributed by atoms with Crippen LogP contribution in [0.5, 0.6) is 0 Å². The van der Waals surface area contributed by atoms with Gasteiger partial charge in [-0.05, 0) is 31.0 Å². The summed E-state index contributed by atoms with van der Waals surface area (Å²) < 4.78 is 0. The average Bonchev–Trinajstić information content (AvgIpc) is 2.25. The molecule has 82 valence electrons. The fourth-order valence-electron chi connectivity index (χ4n) is 1.62. The maximum absolute atomic E-state index is 10.5. The maximum atomic E-state index is 10.5. The number of nitrogens with one attached hydrogen (secondary N) is 3. The van der Waals surface area contributed by atoms with Crippen LogP contribution in [0, 0.1) is 13.8 Å². The van der Waals surface area contributed by atoms with Crippen LogP contribution < -0.4 is 16.0 Å². The molecule has 0 saturated heterocycles. The Bertz CT molecular complexity index is 375. The van der Waals surface area contributed by atoms with Gasteiger partial charge in [-0.15, -0.1) is 0 Å². The number of carbonyl (C=O) groups excluding carboxylic acids is 1. The van der Waals surface area contributed by atoms with Crippen LogP contribution in [-0.2, 0) is 4.79 Å². The smallest absolute Gasteiger partial charge is 0.211 e. The Morgan fingerprint density at radius 2 is 1.67 bits per heavy atom. The maximum Gasteiger partial charge on any atom is 0.211 e. The monoisotopic (exact) mass is 207 g/mol. The van der Waals surface area contributed by atoms with E-state index in [0.717, 1.165) is 28.2 Å². The minimum Gasteiger partial charge on any atom is -0.388 e. The van der Waals surface area contributed by atoms with Crippen molar-refractivity contribution in [1.82, 2.24) is 0 Å². The van der Waals surface area contributed by atoms with Crippen LogP contribution in [0.2, 0.25) is 0 Å². The Labute approximate surface area is 90.1 Å². The normalized spacial score (nSPS) is 9.60. The van der Waals surface area contributed by atoms with Crippen molar-refractivity contribution in [3.8, 4) is 0 Å². The number of hydrogen-bond acceptors (Lipinski definition) is 3. The minimum atomic E-state index is 0.696. The van der Waals surface area contributed by atoms with Crippen molar-refractivity contribution in [3.05, 3.63) is 17.2 Å². The lowest BCUT2D eigenvalue weighted by atomic mass is 10.0. The van der Waals surface area contributed by atoms with Crippen molar-refractivity contribution >= 4 is 23.5 Å². The molecule has 4 heteroatoms. The van der Waals surface area contributed by atoms with E-state index in [1.807, 2.05) is 34.0 Å². The number of rotatable bonds is 4. The van der Waals surface area contributed by atoms with Crippen molar-refractivity contribution in [2.45, 2.75) is 13.8 Å². The second-order valence-corrected chi connectivity index (χ2v) is 3.36. The van der Waals surface area contributed by atoms with Crippen LogP contribution in [0.4, 0.5) is 17.1 Å². The van der Waals surface area contributed by atoms with Crippen LogP contribution in [0.3, 0.4) is 0 Å². The first-order chi connectivity index (χ1) is 7.15. The molecule has 0 spiro atoms. The van der Waals surface area contributed by atoms with Crippen molar-refractivity contribution < 1.29 is 4.79 Å². The summed E-state index contributed by atoms with van der Waals surface area (Å²) in [5.41, 5.74) is 5.02. The molecule has 1 aromatic carbocycles. The van der Waals surface area contributed by atoms with Gasteiger partial charge in [0.1, 0.15) is 0 Å². The molecule has 0 aliphatic carbocycles. The zero-order valence-corrected chi connectivity index (χ0v) is 9.56. The summed E-state index contributed by atoms with van der Waals surface area (Å²) in [6.07, 6.45) is 0.696. The molecular formula is C11H17N3O.